The van der Waals surface area contributed by atoms with Crippen LogP contribution in [0.25, 0.3) is 0 Å². The highest BCUT2D eigenvalue weighted by Crippen LogP contribution is 2.20. The van der Waals surface area contributed by atoms with E-state index >= 15 is 0 Å². The number of nitrogens with two attached hydrogens (primary N) is 1. The maximum Gasteiger partial charge on any atom is 0.227 e. The van der Waals surface area contributed by atoms with E-state index in [0.717, 1.165) is 12.0 Å². The van der Waals surface area contributed by atoms with E-state index < -0.39 is 0 Å². The first-order chi connectivity index (χ1) is 9.07. The molecule has 1 aromatic carbocycles. The van der Waals surface area contributed by atoms with Crippen LogP contribution in [0.3, 0.4) is 0 Å². The van der Waals surface area contributed by atoms with Gasteiger partial charge in [-0.25, -0.2) is 0 Å². The topological polar surface area (TPSA) is 55.6 Å². The first kappa shape index (κ1) is 15.7. The van der Waals surface area contributed by atoms with E-state index in [1.807, 2.05) is 44.3 Å². The lowest BCUT2D eigenvalue weighted by atomic mass is 9.94. The molecule has 0 aliphatic heterocycles. The Bertz CT molecular complexity index is 381. The molecule has 0 saturated heterocycles. The Morgan fingerprint density at radius 2 is 2.00 bits per heavy atom. The average Bonchev–Trinajstić information content (AvgIpc) is 2.46. The minimum Gasteiger partial charge on any atom is -0.385 e. The van der Waals surface area contributed by atoms with Gasteiger partial charge >= 0.3 is 0 Å². The van der Waals surface area contributed by atoms with E-state index in [-0.39, 0.29) is 17.9 Å². The number of nitrogens with zero attached hydrogens (tertiary/aromatic N) is 1. The van der Waals surface area contributed by atoms with Gasteiger partial charge < -0.3 is 15.4 Å². The van der Waals surface area contributed by atoms with Crippen LogP contribution >= 0.6 is 0 Å². The summed E-state index contributed by atoms with van der Waals surface area (Å²) in [5.74, 6) is -0.151. The molecule has 2 atom stereocenters. The van der Waals surface area contributed by atoms with Gasteiger partial charge in [0.2, 0.25) is 5.91 Å². The predicted octanol–water partition coefficient (Wildman–Crippen LogP) is 1.82. The smallest absolute Gasteiger partial charge is 0.227 e. The van der Waals surface area contributed by atoms with E-state index in [2.05, 4.69) is 0 Å². The van der Waals surface area contributed by atoms with Crippen molar-refractivity contribution in [2.75, 3.05) is 27.3 Å². The second-order valence-corrected chi connectivity index (χ2v) is 4.83. The number of carbonyl (C=O) groups excluding carboxylic acids is 1. The number of hydrogen-bond donors (Lipinski definition) is 1. The molecule has 1 aromatic rings. The summed E-state index contributed by atoms with van der Waals surface area (Å²) in [6, 6.07) is 9.47. The van der Waals surface area contributed by atoms with Crippen LogP contribution in [-0.2, 0) is 9.53 Å². The van der Waals surface area contributed by atoms with Crippen LogP contribution in [-0.4, -0.2) is 38.1 Å². The first-order valence-electron chi connectivity index (χ1n) is 6.62. The van der Waals surface area contributed by atoms with Gasteiger partial charge in [0.15, 0.2) is 0 Å². The molecular formula is C15H24N2O2. The fourth-order valence-corrected chi connectivity index (χ4v) is 2.02. The van der Waals surface area contributed by atoms with E-state index in [1.54, 1.807) is 12.0 Å². The molecule has 1 amide bonds. The standard InChI is InChI=1S/C15H24N2O2/c1-12(14(16)13-8-5-4-6-9-13)15(18)17(2)10-7-11-19-3/h4-6,8-9,12,14H,7,10-11,16H2,1-3H3. The van der Waals surface area contributed by atoms with Crippen molar-refractivity contribution in [3.05, 3.63) is 35.9 Å². The van der Waals surface area contributed by atoms with Gasteiger partial charge in [0.25, 0.3) is 0 Å². The fraction of sp³-hybridized carbons (Fsp3) is 0.533. The molecule has 1 rings (SSSR count). The highest BCUT2D eigenvalue weighted by molar-refractivity contribution is 5.79. The van der Waals surface area contributed by atoms with Crippen LogP contribution in [0, 0.1) is 5.92 Å². The Balaban J connectivity index is 2.56. The fourth-order valence-electron chi connectivity index (χ4n) is 2.02. The van der Waals surface area contributed by atoms with Crippen molar-refractivity contribution in [1.82, 2.24) is 4.90 Å². The third-order valence-corrected chi connectivity index (χ3v) is 3.33. The summed E-state index contributed by atoms with van der Waals surface area (Å²) in [4.78, 5) is 14.0. The largest absolute Gasteiger partial charge is 0.385 e. The second kappa shape index (κ2) is 7.92. The molecule has 2 N–H and O–H groups in total. The summed E-state index contributed by atoms with van der Waals surface area (Å²) < 4.78 is 4.99. The molecule has 0 radical (unpaired) electrons. The predicted molar refractivity (Wildman–Crippen MR) is 76.7 cm³/mol. The molecule has 0 bridgehead atoms. The molecule has 4 heteroatoms. The molecule has 106 valence electrons. The number of amides is 1. The van der Waals surface area contributed by atoms with Crippen LogP contribution in [0.1, 0.15) is 24.9 Å². The molecule has 19 heavy (non-hydrogen) atoms. The lowest BCUT2D eigenvalue weighted by molar-refractivity contribution is -0.134. The molecule has 0 spiro atoms. The molecule has 2 unspecified atom stereocenters. The Morgan fingerprint density at radius 1 is 1.37 bits per heavy atom. The van der Waals surface area contributed by atoms with Crippen molar-refractivity contribution < 1.29 is 9.53 Å². The number of ether oxygens (including phenoxy) is 1. The van der Waals surface area contributed by atoms with Crippen molar-refractivity contribution in [3.8, 4) is 0 Å². The zero-order valence-electron chi connectivity index (χ0n) is 12.0. The van der Waals surface area contributed by atoms with Gasteiger partial charge in [-0.05, 0) is 12.0 Å². The van der Waals surface area contributed by atoms with Gasteiger partial charge in [-0.3, -0.25) is 4.79 Å². The zero-order chi connectivity index (χ0) is 14.3. The highest BCUT2D eigenvalue weighted by atomic mass is 16.5. The monoisotopic (exact) mass is 264 g/mol. The van der Waals surface area contributed by atoms with Crippen LogP contribution in [0.5, 0.6) is 0 Å². The number of rotatable bonds is 7. The summed E-state index contributed by atoms with van der Waals surface area (Å²) in [6.45, 7) is 3.24. The number of hydrogen-bond acceptors (Lipinski definition) is 3. The normalized spacial score (nSPS) is 13.9. The molecule has 0 aromatic heterocycles. The summed E-state index contributed by atoms with van der Waals surface area (Å²) >= 11 is 0. The van der Waals surface area contributed by atoms with Crippen LogP contribution < -0.4 is 5.73 Å². The number of benzene rings is 1. The van der Waals surface area contributed by atoms with Crippen molar-refractivity contribution in [3.63, 3.8) is 0 Å². The van der Waals surface area contributed by atoms with E-state index in [1.165, 1.54) is 0 Å². The van der Waals surface area contributed by atoms with Gasteiger partial charge in [-0.1, -0.05) is 37.3 Å². The lowest BCUT2D eigenvalue weighted by Crippen LogP contribution is -2.37. The first-order valence-corrected chi connectivity index (χ1v) is 6.62. The number of carbonyl (C=O) groups is 1. The Kier molecular flexibility index (Phi) is 6.53. The second-order valence-electron chi connectivity index (χ2n) is 4.83. The SMILES string of the molecule is COCCCN(C)C(=O)C(C)C(N)c1ccccc1. The van der Waals surface area contributed by atoms with Gasteiger partial charge in [0, 0.05) is 33.4 Å². The van der Waals surface area contributed by atoms with E-state index in [9.17, 15) is 4.79 Å². The maximum atomic E-state index is 12.3. The van der Waals surface area contributed by atoms with Crippen LogP contribution in [0.2, 0.25) is 0 Å². The van der Waals surface area contributed by atoms with Gasteiger partial charge in [-0.15, -0.1) is 0 Å². The highest BCUT2D eigenvalue weighted by Gasteiger charge is 2.24. The molecule has 0 aliphatic carbocycles. The van der Waals surface area contributed by atoms with Gasteiger partial charge in [0.05, 0.1) is 5.92 Å². The van der Waals surface area contributed by atoms with Gasteiger partial charge in [-0.2, -0.15) is 0 Å². The van der Waals surface area contributed by atoms with Crippen molar-refractivity contribution >= 4 is 5.91 Å². The third-order valence-electron chi connectivity index (χ3n) is 3.33. The molecule has 0 saturated carbocycles. The van der Waals surface area contributed by atoms with E-state index in [0.29, 0.717) is 13.2 Å². The van der Waals surface area contributed by atoms with Crippen molar-refractivity contribution in [2.24, 2.45) is 11.7 Å². The lowest BCUT2D eigenvalue weighted by Gasteiger charge is -2.25. The van der Waals surface area contributed by atoms with Crippen molar-refractivity contribution in [2.45, 2.75) is 19.4 Å². The van der Waals surface area contributed by atoms with Gasteiger partial charge in [0.1, 0.15) is 0 Å². The summed E-state index contributed by atoms with van der Waals surface area (Å²) in [6.07, 6.45) is 0.839. The maximum absolute atomic E-state index is 12.3. The Labute approximate surface area is 115 Å². The van der Waals surface area contributed by atoms with Crippen molar-refractivity contribution in [1.29, 1.82) is 0 Å². The summed E-state index contributed by atoms with van der Waals surface area (Å²) in [7, 11) is 3.47. The average molecular weight is 264 g/mol. The molecule has 0 fully saturated rings. The molecule has 0 heterocycles. The molecule has 4 nitrogen and oxygen atoms in total. The zero-order valence-corrected chi connectivity index (χ0v) is 12.0. The Hall–Kier alpha value is -1.39. The quantitative estimate of drug-likeness (QED) is 0.764. The van der Waals surface area contributed by atoms with Crippen LogP contribution in [0.4, 0.5) is 0 Å². The third kappa shape index (κ3) is 4.65. The summed E-state index contributed by atoms with van der Waals surface area (Å²) in [5.41, 5.74) is 7.15. The molecular weight excluding hydrogens is 240 g/mol. The van der Waals surface area contributed by atoms with E-state index in [4.69, 9.17) is 10.5 Å². The number of methoxy groups -OCH3 is 1. The minimum atomic E-state index is -0.265. The minimum absolute atomic E-state index is 0.0763. The van der Waals surface area contributed by atoms with Crippen LogP contribution in [0.15, 0.2) is 30.3 Å². The molecule has 0 aliphatic rings. The Morgan fingerprint density at radius 3 is 2.58 bits per heavy atom. The summed E-state index contributed by atoms with van der Waals surface area (Å²) in [5, 5.41) is 0.